The van der Waals surface area contributed by atoms with Crippen LogP contribution in [0.2, 0.25) is 0 Å². The summed E-state index contributed by atoms with van der Waals surface area (Å²) in [4.78, 5) is 12.1. The van der Waals surface area contributed by atoms with Gasteiger partial charge >= 0.3 is 0 Å². The van der Waals surface area contributed by atoms with E-state index in [9.17, 15) is 13.2 Å². The summed E-state index contributed by atoms with van der Waals surface area (Å²) in [5.41, 5.74) is 4.36. The Balaban J connectivity index is 1.95. The predicted molar refractivity (Wildman–Crippen MR) is 109 cm³/mol. The number of aryl methyl sites for hydroxylation is 2. The number of hydrogen-bond donors (Lipinski definition) is 2. The quantitative estimate of drug-likeness (QED) is 0.727. The van der Waals surface area contributed by atoms with Crippen LogP contribution in [0.5, 0.6) is 0 Å². The van der Waals surface area contributed by atoms with E-state index in [0.29, 0.717) is 5.56 Å². The number of rotatable bonds is 8. The predicted octanol–water partition coefficient (Wildman–Crippen LogP) is 3.45. The minimum Gasteiger partial charge on any atom is -0.350 e. The molecule has 0 bridgehead atoms. The van der Waals surface area contributed by atoms with E-state index in [2.05, 4.69) is 10.0 Å². The number of hydrogen-bond acceptors (Lipinski definition) is 3. The largest absolute Gasteiger partial charge is 0.350 e. The minimum atomic E-state index is -3.44. The van der Waals surface area contributed by atoms with Crippen LogP contribution in [-0.4, -0.2) is 20.4 Å². The zero-order chi connectivity index (χ0) is 20.0. The van der Waals surface area contributed by atoms with Gasteiger partial charge in [0.2, 0.25) is 10.0 Å². The Hall–Kier alpha value is -2.18. The van der Waals surface area contributed by atoms with Crippen LogP contribution in [0.4, 0.5) is 0 Å². The van der Waals surface area contributed by atoms with Gasteiger partial charge in [-0.05, 0) is 61.6 Å². The van der Waals surface area contributed by atoms with E-state index < -0.39 is 10.0 Å². The van der Waals surface area contributed by atoms with Crippen LogP contribution >= 0.6 is 0 Å². The molecule has 2 aromatic rings. The molecule has 146 valence electrons. The second-order valence-electron chi connectivity index (χ2n) is 6.98. The molecule has 1 atom stereocenters. The highest BCUT2D eigenvalue weighted by Gasteiger charge is 2.13. The maximum absolute atomic E-state index is 12.3. The van der Waals surface area contributed by atoms with Gasteiger partial charge in [-0.2, -0.15) is 0 Å². The Morgan fingerprint density at radius 2 is 1.63 bits per heavy atom. The zero-order valence-corrected chi connectivity index (χ0v) is 17.2. The smallest absolute Gasteiger partial charge is 0.251 e. The van der Waals surface area contributed by atoms with Crippen molar-refractivity contribution in [1.82, 2.24) is 10.0 Å². The molecule has 0 saturated carbocycles. The molecule has 6 heteroatoms. The van der Waals surface area contributed by atoms with Gasteiger partial charge in [0.1, 0.15) is 0 Å². The Morgan fingerprint density at radius 1 is 1.00 bits per heavy atom. The maximum Gasteiger partial charge on any atom is 0.251 e. The summed E-state index contributed by atoms with van der Waals surface area (Å²) in [6.45, 7) is 8.13. The van der Waals surface area contributed by atoms with Crippen molar-refractivity contribution >= 4 is 15.9 Å². The van der Waals surface area contributed by atoms with Gasteiger partial charge in [0.15, 0.2) is 0 Å². The molecule has 0 aromatic heterocycles. The summed E-state index contributed by atoms with van der Waals surface area (Å²) >= 11 is 0. The second kappa shape index (κ2) is 9.15. The van der Waals surface area contributed by atoms with Crippen molar-refractivity contribution < 1.29 is 13.2 Å². The van der Waals surface area contributed by atoms with Crippen LogP contribution in [-0.2, 0) is 22.3 Å². The fraction of sp³-hybridized carbons (Fsp3) is 0.381. The SMILES string of the molecule is CCC(C)NC(=O)c1ccc(CNS(=O)(=O)Cc2ccc(C)c(C)c2)cc1. The molecule has 1 amide bonds. The zero-order valence-electron chi connectivity index (χ0n) is 16.4. The second-order valence-corrected chi connectivity index (χ2v) is 8.79. The van der Waals surface area contributed by atoms with Gasteiger partial charge in [0, 0.05) is 18.2 Å². The van der Waals surface area contributed by atoms with E-state index in [4.69, 9.17) is 0 Å². The molecule has 2 aromatic carbocycles. The molecule has 0 aliphatic carbocycles. The van der Waals surface area contributed by atoms with E-state index in [-0.39, 0.29) is 24.2 Å². The van der Waals surface area contributed by atoms with Crippen molar-refractivity contribution in [3.8, 4) is 0 Å². The molecule has 0 spiro atoms. The third kappa shape index (κ3) is 6.48. The van der Waals surface area contributed by atoms with Crippen molar-refractivity contribution in [2.45, 2.75) is 52.5 Å². The summed E-state index contributed by atoms with van der Waals surface area (Å²) in [5.74, 6) is -0.171. The Morgan fingerprint density at radius 3 is 2.22 bits per heavy atom. The third-order valence-corrected chi connectivity index (χ3v) is 5.93. The van der Waals surface area contributed by atoms with Crippen LogP contribution in [0.25, 0.3) is 0 Å². The Labute approximate surface area is 162 Å². The molecule has 1 unspecified atom stereocenters. The van der Waals surface area contributed by atoms with Gasteiger partial charge in [-0.15, -0.1) is 0 Å². The van der Waals surface area contributed by atoms with E-state index in [0.717, 1.165) is 28.7 Å². The van der Waals surface area contributed by atoms with Gasteiger partial charge in [0.05, 0.1) is 5.75 Å². The highest BCUT2D eigenvalue weighted by atomic mass is 32.2. The molecule has 0 radical (unpaired) electrons. The molecule has 2 rings (SSSR count). The summed E-state index contributed by atoms with van der Waals surface area (Å²) < 4.78 is 27.3. The lowest BCUT2D eigenvalue weighted by Gasteiger charge is -2.12. The van der Waals surface area contributed by atoms with Crippen molar-refractivity contribution in [3.05, 3.63) is 70.3 Å². The first-order valence-corrected chi connectivity index (χ1v) is 10.8. The van der Waals surface area contributed by atoms with E-state index in [1.165, 1.54) is 0 Å². The minimum absolute atomic E-state index is 0.0521. The van der Waals surface area contributed by atoms with E-state index in [1.807, 2.05) is 45.9 Å². The van der Waals surface area contributed by atoms with Crippen LogP contribution in [0.1, 0.15) is 52.9 Å². The Kier molecular flexibility index (Phi) is 7.16. The van der Waals surface area contributed by atoms with Crippen molar-refractivity contribution in [2.75, 3.05) is 0 Å². The molecule has 0 aliphatic heterocycles. The van der Waals surface area contributed by atoms with Crippen molar-refractivity contribution in [3.63, 3.8) is 0 Å². The standard InChI is InChI=1S/C21H28N2O3S/c1-5-17(4)23-21(24)20-10-8-18(9-11-20)13-22-27(25,26)14-19-7-6-15(2)16(3)12-19/h6-12,17,22H,5,13-14H2,1-4H3,(H,23,24). The lowest BCUT2D eigenvalue weighted by atomic mass is 10.1. The van der Waals surface area contributed by atoms with Crippen LogP contribution < -0.4 is 10.0 Å². The fourth-order valence-electron chi connectivity index (χ4n) is 2.54. The summed E-state index contributed by atoms with van der Waals surface area (Å²) in [7, 11) is -3.44. The van der Waals surface area contributed by atoms with Gasteiger partial charge in [-0.1, -0.05) is 37.3 Å². The average molecular weight is 389 g/mol. The number of carbonyl (C=O) groups excluding carboxylic acids is 1. The number of sulfonamides is 1. The lowest BCUT2D eigenvalue weighted by molar-refractivity contribution is 0.0939. The molecule has 0 aliphatic rings. The molecule has 0 heterocycles. The normalized spacial score (nSPS) is 12.6. The van der Waals surface area contributed by atoms with Crippen LogP contribution in [0, 0.1) is 13.8 Å². The van der Waals surface area contributed by atoms with Crippen molar-refractivity contribution in [2.24, 2.45) is 0 Å². The third-order valence-electron chi connectivity index (χ3n) is 4.63. The first kappa shape index (κ1) is 21.1. The highest BCUT2D eigenvalue weighted by molar-refractivity contribution is 7.88. The van der Waals surface area contributed by atoms with Crippen LogP contribution in [0.15, 0.2) is 42.5 Å². The van der Waals surface area contributed by atoms with E-state index in [1.54, 1.807) is 24.3 Å². The van der Waals surface area contributed by atoms with Gasteiger partial charge in [-0.25, -0.2) is 13.1 Å². The topological polar surface area (TPSA) is 75.3 Å². The first-order valence-electron chi connectivity index (χ1n) is 9.13. The molecular weight excluding hydrogens is 360 g/mol. The summed E-state index contributed by atoms with van der Waals surface area (Å²) in [5, 5.41) is 2.91. The van der Waals surface area contributed by atoms with Crippen LogP contribution in [0.3, 0.4) is 0 Å². The lowest BCUT2D eigenvalue weighted by Crippen LogP contribution is -2.31. The van der Waals surface area contributed by atoms with Gasteiger partial charge < -0.3 is 5.32 Å². The maximum atomic E-state index is 12.3. The van der Waals surface area contributed by atoms with E-state index >= 15 is 0 Å². The average Bonchev–Trinajstić information content (AvgIpc) is 2.63. The fourth-order valence-corrected chi connectivity index (χ4v) is 3.65. The Bertz CT molecular complexity index is 890. The number of amides is 1. The number of benzene rings is 2. The molecule has 0 fully saturated rings. The van der Waals surface area contributed by atoms with Crippen molar-refractivity contribution in [1.29, 1.82) is 0 Å². The van der Waals surface area contributed by atoms with Gasteiger partial charge in [0.25, 0.3) is 5.91 Å². The van der Waals surface area contributed by atoms with Gasteiger partial charge in [-0.3, -0.25) is 4.79 Å². The molecule has 27 heavy (non-hydrogen) atoms. The molecule has 5 nitrogen and oxygen atoms in total. The monoisotopic (exact) mass is 388 g/mol. The molecular formula is C21H28N2O3S. The summed E-state index contributed by atoms with van der Waals surface area (Å²) in [6.07, 6.45) is 0.867. The number of nitrogens with one attached hydrogen (secondary N) is 2. The number of carbonyl (C=O) groups is 1. The molecule has 2 N–H and O–H groups in total. The summed E-state index contributed by atoms with van der Waals surface area (Å²) in [6, 6.07) is 12.8. The molecule has 0 saturated heterocycles. The first-order chi connectivity index (χ1) is 12.7. The highest BCUT2D eigenvalue weighted by Crippen LogP contribution is 2.13.